The summed E-state index contributed by atoms with van der Waals surface area (Å²) < 4.78 is 13.7. The van der Waals surface area contributed by atoms with E-state index in [9.17, 15) is 4.39 Å². The molecule has 0 spiro atoms. The maximum atomic E-state index is 13.7. The molecule has 0 aliphatic carbocycles. The van der Waals surface area contributed by atoms with Crippen LogP contribution in [0.3, 0.4) is 0 Å². The van der Waals surface area contributed by atoms with Crippen molar-refractivity contribution in [3.05, 3.63) is 30.1 Å². The van der Waals surface area contributed by atoms with Crippen LogP contribution in [0, 0.1) is 5.82 Å². The average Bonchev–Trinajstić information content (AvgIpc) is 2.39. The van der Waals surface area contributed by atoms with E-state index >= 15 is 0 Å². The number of para-hydroxylation sites is 1. The second-order valence-electron chi connectivity index (χ2n) is 4.80. The van der Waals surface area contributed by atoms with Gasteiger partial charge in [0.1, 0.15) is 5.82 Å². The van der Waals surface area contributed by atoms with E-state index in [-0.39, 0.29) is 11.9 Å². The summed E-state index contributed by atoms with van der Waals surface area (Å²) in [5.74, 6) is -0.174. The summed E-state index contributed by atoms with van der Waals surface area (Å²) in [6.07, 6.45) is 5.92. The number of benzene rings is 1. The van der Waals surface area contributed by atoms with Crippen molar-refractivity contribution in [1.82, 2.24) is 0 Å². The summed E-state index contributed by atoms with van der Waals surface area (Å²) in [5, 5.41) is 0. The number of nitrogens with two attached hydrogens (primary N) is 1. The van der Waals surface area contributed by atoms with Gasteiger partial charge in [-0.15, -0.1) is 0 Å². The van der Waals surface area contributed by atoms with Crippen LogP contribution >= 0.6 is 0 Å². The quantitative estimate of drug-likeness (QED) is 0.717. The van der Waals surface area contributed by atoms with Gasteiger partial charge in [0.15, 0.2) is 0 Å². The van der Waals surface area contributed by atoms with Crippen LogP contribution in [0.5, 0.6) is 0 Å². The Hall–Kier alpha value is -1.09. The second kappa shape index (κ2) is 8.09. The standard InChI is InChI=1S/C15H25FN2/c1-3-4-5-6-9-13(12-17)18(2)15-11-8-7-10-14(15)16/h7-8,10-11,13H,3-6,9,12,17H2,1-2H3. The average molecular weight is 252 g/mol. The molecule has 102 valence electrons. The summed E-state index contributed by atoms with van der Waals surface area (Å²) >= 11 is 0. The highest BCUT2D eigenvalue weighted by Crippen LogP contribution is 2.21. The molecule has 3 heteroatoms. The molecule has 0 radical (unpaired) electrons. The van der Waals surface area contributed by atoms with Crippen molar-refractivity contribution >= 4 is 5.69 Å². The molecule has 0 aliphatic heterocycles. The minimum absolute atomic E-state index is 0.174. The summed E-state index contributed by atoms with van der Waals surface area (Å²) in [6, 6.07) is 7.10. The van der Waals surface area contributed by atoms with E-state index in [2.05, 4.69) is 6.92 Å². The fourth-order valence-corrected chi connectivity index (χ4v) is 2.21. The highest BCUT2D eigenvalue weighted by Gasteiger charge is 2.15. The minimum Gasteiger partial charge on any atom is -0.368 e. The first kappa shape index (κ1) is 15.0. The summed E-state index contributed by atoms with van der Waals surface area (Å²) in [5.41, 5.74) is 6.45. The Morgan fingerprint density at radius 2 is 1.94 bits per heavy atom. The molecule has 0 aromatic heterocycles. The van der Waals surface area contributed by atoms with Crippen LogP contribution in [0.2, 0.25) is 0 Å². The number of nitrogens with zero attached hydrogens (tertiary/aromatic N) is 1. The van der Waals surface area contributed by atoms with Crippen LogP contribution in [0.25, 0.3) is 0 Å². The van der Waals surface area contributed by atoms with Gasteiger partial charge < -0.3 is 10.6 Å². The Morgan fingerprint density at radius 1 is 1.22 bits per heavy atom. The monoisotopic (exact) mass is 252 g/mol. The lowest BCUT2D eigenvalue weighted by Gasteiger charge is -2.29. The van der Waals surface area contributed by atoms with E-state index in [1.54, 1.807) is 6.07 Å². The lowest BCUT2D eigenvalue weighted by Crippen LogP contribution is -2.38. The predicted octanol–water partition coefficient (Wildman–Crippen LogP) is 3.56. The van der Waals surface area contributed by atoms with E-state index in [1.807, 2.05) is 24.1 Å². The highest BCUT2D eigenvalue weighted by molar-refractivity contribution is 5.47. The number of rotatable bonds is 8. The first-order valence-corrected chi connectivity index (χ1v) is 6.88. The zero-order chi connectivity index (χ0) is 13.4. The summed E-state index contributed by atoms with van der Waals surface area (Å²) in [6.45, 7) is 2.77. The molecule has 1 unspecified atom stereocenters. The molecule has 0 saturated heterocycles. The molecule has 0 aliphatic rings. The van der Waals surface area contributed by atoms with E-state index in [1.165, 1.54) is 25.3 Å². The molecular formula is C15H25FN2. The number of hydrogen-bond donors (Lipinski definition) is 1. The predicted molar refractivity (Wildman–Crippen MR) is 76.4 cm³/mol. The van der Waals surface area contributed by atoms with Crippen LogP contribution in [0.4, 0.5) is 10.1 Å². The minimum atomic E-state index is -0.174. The van der Waals surface area contributed by atoms with Gasteiger partial charge >= 0.3 is 0 Å². The molecule has 2 nitrogen and oxygen atoms in total. The van der Waals surface area contributed by atoms with E-state index in [0.717, 1.165) is 12.8 Å². The van der Waals surface area contributed by atoms with Gasteiger partial charge in [-0.3, -0.25) is 0 Å². The molecule has 2 N–H and O–H groups in total. The third-order valence-electron chi connectivity index (χ3n) is 3.44. The van der Waals surface area contributed by atoms with Gasteiger partial charge in [0.05, 0.1) is 5.69 Å². The lowest BCUT2D eigenvalue weighted by atomic mass is 10.1. The van der Waals surface area contributed by atoms with Crippen LogP contribution < -0.4 is 10.6 Å². The fraction of sp³-hybridized carbons (Fsp3) is 0.600. The fourth-order valence-electron chi connectivity index (χ4n) is 2.21. The highest BCUT2D eigenvalue weighted by atomic mass is 19.1. The third kappa shape index (κ3) is 4.30. The van der Waals surface area contributed by atoms with Crippen LogP contribution in [0.1, 0.15) is 39.0 Å². The summed E-state index contributed by atoms with van der Waals surface area (Å²) in [7, 11) is 1.93. The maximum Gasteiger partial charge on any atom is 0.146 e. The number of unbranched alkanes of at least 4 members (excludes halogenated alkanes) is 3. The van der Waals surface area contributed by atoms with Gasteiger partial charge in [-0.2, -0.15) is 0 Å². The Balaban J connectivity index is 2.56. The third-order valence-corrected chi connectivity index (χ3v) is 3.44. The Kier molecular flexibility index (Phi) is 6.73. The van der Waals surface area contributed by atoms with E-state index in [0.29, 0.717) is 12.2 Å². The SMILES string of the molecule is CCCCCCC(CN)N(C)c1ccccc1F. The number of hydrogen-bond acceptors (Lipinski definition) is 2. The van der Waals surface area contributed by atoms with Gasteiger partial charge in [0.25, 0.3) is 0 Å². The molecule has 0 saturated carbocycles. The van der Waals surface area contributed by atoms with Crippen molar-refractivity contribution < 1.29 is 4.39 Å². The van der Waals surface area contributed by atoms with Gasteiger partial charge in [0, 0.05) is 19.6 Å². The van der Waals surface area contributed by atoms with Gasteiger partial charge in [0.2, 0.25) is 0 Å². The van der Waals surface area contributed by atoms with E-state index in [4.69, 9.17) is 5.73 Å². The van der Waals surface area contributed by atoms with Crippen molar-refractivity contribution in [1.29, 1.82) is 0 Å². The number of likely N-dealkylation sites (N-methyl/N-ethyl adjacent to an activating group) is 1. The van der Waals surface area contributed by atoms with Gasteiger partial charge in [-0.1, -0.05) is 44.7 Å². The van der Waals surface area contributed by atoms with E-state index < -0.39 is 0 Å². The van der Waals surface area contributed by atoms with Crippen molar-refractivity contribution in [3.8, 4) is 0 Å². The largest absolute Gasteiger partial charge is 0.368 e. The summed E-state index contributed by atoms with van der Waals surface area (Å²) in [4.78, 5) is 1.97. The van der Waals surface area contributed by atoms with Crippen molar-refractivity contribution in [2.24, 2.45) is 5.73 Å². The zero-order valence-electron chi connectivity index (χ0n) is 11.5. The van der Waals surface area contributed by atoms with Crippen molar-refractivity contribution in [2.45, 2.75) is 45.1 Å². The molecule has 0 fully saturated rings. The molecular weight excluding hydrogens is 227 g/mol. The van der Waals surface area contributed by atoms with Gasteiger partial charge in [-0.25, -0.2) is 4.39 Å². The molecule has 18 heavy (non-hydrogen) atoms. The Morgan fingerprint density at radius 3 is 2.56 bits per heavy atom. The first-order chi connectivity index (χ1) is 8.70. The lowest BCUT2D eigenvalue weighted by molar-refractivity contribution is 0.526. The number of halogens is 1. The molecule has 1 atom stereocenters. The second-order valence-corrected chi connectivity index (χ2v) is 4.80. The van der Waals surface area contributed by atoms with Gasteiger partial charge in [-0.05, 0) is 18.6 Å². The smallest absolute Gasteiger partial charge is 0.146 e. The molecule has 0 amide bonds. The van der Waals surface area contributed by atoms with Crippen LogP contribution in [0.15, 0.2) is 24.3 Å². The van der Waals surface area contributed by atoms with Crippen molar-refractivity contribution in [2.75, 3.05) is 18.5 Å². The molecule has 0 bridgehead atoms. The first-order valence-electron chi connectivity index (χ1n) is 6.88. The normalized spacial score (nSPS) is 12.4. The molecule has 1 aromatic rings. The van der Waals surface area contributed by atoms with Crippen LogP contribution in [-0.2, 0) is 0 Å². The Labute approximate surface area is 110 Å². The van der Waals surface area contributed by atoms with Crippen LogP contribution in [-0.4, -0.2) is 19.6 Å². The maximum absolute atomic E-state index is 13.7. The molecule has 1 aromatic carbocycles. The topological polar surface area (TPSA) is 29.3 Å². The van der Waals surface area contributed by atoms with Crippen molar-refractivity contribution in [3.63, 3.8) is 0 Å². The molecule has 1 rings (SSSR count). The number of anilines is 1. The Bertz CT molecular complexity index is 341. The zero-order valence-corrected chi connectivity index (χ0v) is 11.5. The molecule has 0 heterocycles.